The fraction of sp³-hybridized carbons (Fsp3) is 0.182. The molecule has 152 valence electrons. The fourth-order valence-corrected chi connectivity index (χ4v) is 4.70. The summed E-state index contributed by atoms with van der Waals surface area (Å²) in [6, 6.07) is 22.0. The van der Waals surface area contributed by atoms with Crippen LogP contribution >= 0.6 is 0 Å². The third-order valence-electron chi connectivity index (χ3n) is 4.80. The molecule has 0 saturated carbocycles. The van der Waals surface area contributed by atoms with Gasteiger partial charge in [-0.15, -0.1) is 0 Å². The summed E-state index contributed by atoms with van der Waals surface area (Å²) in [6.45, 7) is 4.18. The van der Waals surface area contributed by atoms with Gasteiger partial charge in [0.2, 0.25) is 0 Å². The Labute approximate surface area is 172 Å². The zero-order valence-electron chi connectivity index (χ0n) is 16.4. The summed E-state index contributed by atoms with van der Waals surface area (Å²) in [5, 5.41) is 0. The number of rotatable bonds is 6. The molecule has 0 heterocycles. The van der Waals surface area contributed by atoms with E-state index in [0.29, 0.717) is 0 Å². The van der Waals surface area contributed by atoms with Crippen LogP contribution in [0.5, 0.6) is 5.75 Å². The van der Waals surface area contributed by atoms with Crippen molar-refractivity contribution in [1.82, 2.24) is 0 Å². The normalized spacial score (nSPS) is 12.5. The molecule has 0 atom stereocenters. The summed E-state index contributed by atoms with van der Waals surface area (Å²) < 4.78 is 53.7. The maximum Gasteiger partial charge on any atom is 0.339 e. The van der Waals surface area contributed by atoms with Gasteiger partial charge in [-0.1, -0.05) is 62.4 Å². The van der Waals surface area contributed by atoms with E-state index in [2.05, 4.69) is 13.8 Å². The Kier molecular flexibility index (Phi) is 5.56. The Morgan fingerprint density at radius 1 is 0.690 bits per heavy atom. The maximum absolute atomic E-state index is 12.6. The SMILES string of the molecule is CC(C)(c1ccccc1)c1ccc(OS(=O)(=O)c2cccc(S(C)(=O)=O)c2)cc1. The van der Waals surface area contributed by atoms with Gasteiger partial charge in [-0.2, -0.15) is 8.42 Å². The molecule has 3 rings (SSSR count). The minimum atomic E-state index is -4.16. The van der Waals surface area contributed by atoms with Crippen molar-refractivity contribution in [1.29, 1.82) is 0 Å². The largest absolute Gasteiger partial charge is 0.379 e. The van der Waals surface area contributed by atoms with Crippen LogP contribution in [0.4, 0.5) is 0 Å². The summed E-state index contributed by atoms with van der Waals surface area (Å²) in [5.74, 6) is 0.155. The average molecular weight is 431 g/mol. The molecular weight excluding hydrogens is 408 g/mol. The molecule has 0 aliphatic heterocycles. The van der Waals surface area contributed by atoms with Gasteiger partial charge in [0.25, 0.3) is 0 Å². The van der Waals surface area contributed by atoms with Crippen LogP contribution in [0.3, 0.4) is 0 Å². The van der Waals surface area contributed by atoms with Crippen LogP contribution in [0.1, 0.15) is 25.0 Å². The molecule has 0 radical (unpaired) electrons. The van der Waals surface area contributed by atoms with Crippen molar-refractivity contribution in [2.75, 3.05) is 6.26 Å². The van der Waals surface area contributed by atoms with E-state index in [9.17, 15) is 16.8 Å². The molecule has 0 aromatic heterocycles. The van der Waals surface area contributed by atoms with Crippen LogP contribution < -0.4 is 4.18 Å². The Balaban J connectivity index is 1.86. The van der Waals surface area contributed by atoms with Gasteiger partial charge in [0.1, 0.15) is 10.6 Å². The molecule has 0 aliphatic carbocycles. The van der Waals surface area contributed by atoms with Crippen LogP contribution in [0.15, 0.2) is 88.7 Å². The molecule has 0 aliphatic rings. The fourth-order valence-electron chi connectivity index (χ4n) is 2.98. The van der Waals surface area contributed by atoms with E-state index >= 15 is 0 Å². The number of hydrogen-bond donors (Lipinski definition) is 0. The van der Waals surface area contributed by atoms with Crippen molar-refractivity contribution in [3.63, 3.8) is 0 Å². The van der Waals surface area contributed by atoms with Gasteiger partial charge < -0.3 is 4.18 Å². The highest BCUT2D eigenvalue weighted by Crippen LogP contribution is 2.32. The van der Waals surface area contributed by atoms with E-state index in [1.54, 1.807) is 12.1 Å². The van der Waals surface area contributed by atoms with E-state index in [1.165, 1.54) is 18.2 Å². The Morgan fingerprint density at radius 2 is 1.24 bits per heavy atom. The first kappa shape index (κ1) is 21.1. The van der Waals surface area contributed by atoms with Crippen LogP contribution in [-0.2, 0) is 25.4 Å². The Morgan fingerprint density at radius 3 is 1.83 bits per heavy atom. The van der Waals surface area contributed by atoms with Gasteiger partial charge in [-0.25, -0.2) is 8.42 Å². The molecule has 7 heteroatoms. The zero-order chi connectivity index (χ0) is 21.3. The molecule has 0 saturated heterocycles. The minimum Gasteiger partial charge on any atom is -0.379 e. The van der Waals surface area contributed by atoms with E-state index in [-0.39, 0.29) is 21.0 Å². The predicted octanol–water partition coefficient (Wildman–Crippen LogP) is 4.18. The quantitative estimate of drug-likeness (QED) is 0.548. The van der Waals surface area contributed by atoms with Gasteiger partial charge in [0, 0.05) is 11.7 Å². The minimum absolute atomic E-state index is 0.0814. The van der Waals surface area contributed by atoms with Gasteiger partial charge in [0.15, 0.2) is 9.84 Å². The van der Waals surface area contributed by atoms with Crippen molar-refractivity contribution in [3.05, 3.63) is 90.0 Å². The highest BCUT2D eigenvalue weighted by atomic mass is 32.2. The molecule has 0 amide bonds. The van der Waals surface area contributed by atoms with Crippen molar-refractivity contribution < 1.29 is 21.0 Å². The Hall–Kier alpha value is -2.64. The van der Waals surface area contributed by atoms with Crippen LogP contribution in [-0.4, -0.2) is 23.1 Å². The van der Waals surface area contributed by atoms with Crippen LogP contribution in [0.25, 0.3) is 0 Å². The third-order valence-corrected chi connectivity index (χ3v) is 7.15. The van der Waals surface area contributed by atoms with Crippen molar-refractivity contribution in [2.45, 2.75) is 29.1 Å². The highest BCUT2D eigenvalue weighted by molar-refractivity contribution is 7.90. The monoisotopic (exact) mass is 430 g/mol. The summed E-state index contributed by atoms with van der Waals surface area (Å²) in [7, 11) is -7.69. The van der Waals surface area contributed by atoms with E-state index in [4.69, 9.17) is 4.18 Å². The van der Waals surface area contributed by atoms with E-state index < -0.39 is 20.0 Å². The standard InChI is InChI=1S/C22H22O5S2/c1-22(2,17-8-5-4-6-9-17)18-12-14-19(15-13-18)27-29(25,26)21-11-7-10-20(16-21)28(3,23)24/h4-16H,1-3H3. The first-order valence-electron chi connectivity index (χ1n) is 8.91. The van der Waals surface area contributed by atoms with E-state index in [0.717, 1.165) is 23.4 Å². The number of benzene rings is 3. The molecule has 5 nitrogen and oxygen atoms in total. The first-order valence-corrected chi connectivity index (χ1v) is 12.2. The van der Waals surface area contributed by atoms with Gasteiger partial charge in [-0.05, 0) is 41.5 Å². The predicted molar refractivity (Wildman–Crippen MR) is 112 cm³/mol. The van der Waals surface area contributed by atoms with Gasteiger partial charge in [0.05, 0.1) is 4.90 Å². The zero-order valence-corrected chi connectivity index (χ0v) is 18.0. The highest BCUT2D eigenvalue weighted by Gasteiger charge is 2.24. The third kappa shape index (κ3) is 4.68. The Bertz CT molecular complexity index is 1210. The van der Waals surface area contributed by atoms with Crippen LogP contribution in [0.2, 0.25) is 0 Å². The molecule has 0 N–H and O–H groups in total. The second-order valence-corrected chi connectivity index (χ2v) is 10.9. The molecule has 3 aromatic rings. The summed E-state index contributed by atoms with van der Waals surface area (Å²) in [4.78, 5) is -0.295. The first-order chi connectivity index (χ1) is 13.5. The summed E-state index contributed by atoms with van der Waals surface area (Å²) >= 11 is 0. The van der Waals surface area contributed by atoms with Gasteiger partial charge in [-0.3, -0.25) is 0 Å². The number of sulfone groups is 1. The molecule has 0 bridgehead atoms. The second kappa shape index (κ2) is 7.65. The molecule has 0 fully saturated rings. The second-order valence-electron chi connectivity index (χ2n) is 7.30. The topological polar surface area (TPSA) is 77.5 Å². The van der Waals surface area contributed by atoms with Crippen LogP contribution in [0, 0.1) is 0 Å². The summed E-state index contributed by atoms with van der Waals surface area (Å²) in [5.41, 5.74) is 1.88. The maximum atomic E-state index is 12.6. The van der Waals surface area contributed by atoms with E-state index in [1.807, 2.05) is 42.5 Å². The lowest BCUT2D eigenvalue weighted by Gasteiger charge is -2.26. The van der Waals surface area contributed by atoms with Crippen molar-refractivity contribution in [3.8, 4) is 5.75 Å². The lowest BCUT2D eigenvalue weighted by Crippen LogP contribution is -2.18. The summed E-state index contributed by atoms with van der Waals surface area (Å²) in [6.07, 6.45) is 1.02. The average Bonchev–Trinajstić information content (AvgIpc) is 2.68. The number of hydrogen-bond acceptors (Lipinski definition) is 5. The smallest absolute Gasteiger partial charge is 0.339 e. The molecule has 3 aromatic carbocycles. The lowest BCUT2D eigenvalue weighted by molar-refractivity contribution is 0.485. The molecule has 0 spiro atoms. The molecule has 29 heavy (non-hydrogen) atoms. The molecule has 0 unspecified atom stereocenters. The lowest BCUT2D eigenvalue weighted by atomic mass is 9.78. The molecular formula is C22H22O5S2. The van der Waals surface area contributed by atoms with Crippen molar-refractivity contribution >= 4 is 20.0 Å². The van der Waals surface area contributed by atoms with Gasteiger partial charge >= 0.3 is 10.1 Å². The van der Waals surface area contributed by atoms with Crippen molar-refractivity contribution in [2.24, 2.45) is 0 Å².